The highest BCUT2D eigenvalue weighted by molar-refractivity contribution is 6.24. The predicted molar refractivity (Wildman–Crippen MR) is 193 cm³/mol. The van der Waals surface area contributed by atoms with Gasteiger partial charge in [0.25, 0.3) is 0 Å². The molecule has 2 saturated carbocycles. The van der Waals surface area contributed by atoms with Gasteiger partial charge in [-0.25, -0.2) is 0 Å². The van der Waals surface area contributed by atoms with Crippen molar-refractivity contribution >= 4 is 32.3 Å². The number of phenols is 1. The van der Waals surface area contributed by atoms with E-state index in [1.165, 1.54) is 82.4 Å². The minimum absolute atomic E-state index is 0.446. The Hall–Kier alpha value is -4.88. The first-order chi connectivity index (χ1) is 22.7. The maximum Gasteiger partial charge on any atom is 0.127 e. The average Bonchev–Trinajstić information content (AvgIpc) is 4.03. The van der Waals surface area contributed by atoms with Gasteiger partial charge in [0.1, 0.15) is 5.75 Å². The van der Waals surface area contributed by atoms with E-state index in [2.05, 4.69) is 122 Å². The summed E-state index contributed by atoms with van der Waals surface area (Å²) < 4.78 is 0. The highest BCUT2D eigenvalue weighted by atomic mass is 16.3. The fourth-order valence-electron chi connectivity index (χ4n) is 9.12. The summed E-state index contributed by atoms with van der Waals surface area (Å²) in [5, 5.41) is 20.2. The van der Waals surface area contributed by atoms with Gasteiger partial charge < -0.3 is 5.11 Å². The van der Waals surface area contributed by atoms with Crippen LogP contribution < -0.4 is 0 Å². The summed E-state index contributed by atoms with van der Waals surface area (Å²) in [5.74, 6) is 1.99. The quantitative estimate of drug-likeness (QED) is 0.197. The Morgan fingerprint density at radius 1 is 0.543 bits per heavy atom. The standard InChI is InChI=1S/C45H36O/c1-2-12-36-39(27-23-24-27)45(46)44(43-38-25-37(38)29-16-5-6-17-31(29)42(36)43)41-34-20-9-7-18-32(34)40(33-19-8-10-21-35(33)41)30-22-11-14-26-13-3-4-15-28(26)30/h3-11,13-22,27,37-38,46H,2,12,23-25H2,1H3. The minimum atomic E-state index is 0.446. The number of hydrogen-bond acceptors (Lipinski definition) is 1. The van der Waals surface area contributed by atoms with Gasteiger partial charge in [0.05, 0.1) is 0 Å². The molecule has 222 valence electrons. The summed E-state index contributed by atoms with van der Waals surface area (Å²) >= 11 is 0. The molecule has 7 aromatic rings. The minimum Gasteiger partial charge on any atom is -0.507 e. The molecule has 10 rings (SSSR count). The molecule has 0 bridgehead atoms. The van der Waals surface area contributed by atoms with Crippen LogP contribution in [-0.4, -0.2) is 5.11 Å². The van der Waals surface area contributed by atoms with E-state index in [9.17, 15) is 5.11 Å². The number of rotatable bonds is 5. The van der Waals surface area contributed by atoms with Crippen molar-refractivity contribution in [3.8, 4) is 39.1 Å². The van der Waals surface area contributed by atoms with Gasteiger partial charge in [0, 0.05) is 16.7 Å². The number of phenolic OH excluding ortho intramolecular Hbond substituents is 1. The van der Waals surface area contributed by atoms with E-state index in [0.29, 0.717) is 23.5 Å². The van der Waals surface area contributed by atoms with E-state index in [-0.39, 0.29) is 0 Å². The maximum atomic E-state index is 12.7. The van der Waals surface area contributed by atoms with E-state index >= 15 is 0 Å². The number of aromatic hydroxyl groups is 1. The van der Waals surface area contributed by atoms with Crippen LogP contribution in [0, 0.1) is 0 Å². The van der Waals surface area contributed by atoms with Crippen molar-refractivity contribution in [3.63, 3.8) is 0 Å². The van der Waals surface area contributed by atoms with Crippen LogP contribution in [0.5, 0.6) is 5.75 Å². The third kappa shape index (κ3) is 3.63. The first-order valence-electron chi connectivity index (χ1n) is 17.2. The molecule has 3 aliphatic rings. The van der Waals surface area contributed by atoms with Gasteiger partial charge in [-0.3, -0.25) is 0 Å². The normalized spacial score (nSPS) is 18.0. The van der Waals surface area contributed by atoms with Crippen molar-refractivity contribution < 1.29 is 5.11 Å². The molecule has 0 saturated heterocycles. The summed E-state index contributed by atoms with van der Waals surface area (Å²) in [4.78, 5) is 0. The van der Waals surface area contributed by atoms with Crippen LogP contribution >= 0.6 is 0 Å². The molecular weight excluding hydrogens is 556 g/mol. The molecule has 46 heavy (non-hydrogen) atoms. The third-order valence-corrected chi connectivity index (χ3v) is 11.2. The SMILES string of the molecule is CCCc1c2c(c(-c3c4ccccc4c(-c4cccc5ccccc45)c4ccccc34)c(O)c1C1CC1)C1CC1c1ccccc1-2. The van der Waals surface area contributed by atoms with Crippen LogP contribution in [0.4, 0.5) is 0 Å². The highest BCUT2D eigenvalue weighted by Crippen LogP contribution is 2.68. The van der Waals surface area contributed by atoms with Crippen LogP contribution in [0.15, 0.2) is 115 Å². The molecule has 1 N–H and O–H groups in total. The van der Waals surface area contributed by atoms with E-state index in [0.717, 1.165) is 37.7 Å². The Morgan fingerprint density at radius 2 is 1.13 bits per heavy atom. The molecule has 3 aliphatic carbocycles. The van der Waals surface area contributed by atoms with Crippen LogP contribution in [-0.2, 0) is 6.42 Å². The molecular formula is C45H36O. The average molecular weight is 593 g/mol. The largest absolute Gasteiger partial charge is 0.507 e. The summed E-state index contributed by atoms with van der Waals surface area (Å²) in [6.07, 6.45) is 5.58. The molecule has 2 unspecified atom stereocenters. The number of fused-ring (bicyclic) bond motifs is 9. The molecule has 0 aromatic heterocycles. The van der Waals surface area contributed by atoms with Crippen LogP contribution in [0.1, 0.15) is 72.6 Å². The lowest BCUT2D eigenvalue weighted by Crippen LogP contribution is -2.09. The highest BCUT2D eigenvalue weighted by Gasteiger charge is 2.49. The lowest BCUT2D eigenvalue weighted by Gasteiger charge is -2.30. The summed E-state index contributed by atoms with van der Waals surface area (Å²) in [6, 6.07) is 42.5. The lowest BCUT2D eigenvalue weighted by molar-refractivity contribution is 0.468. The summed E-state index contributed by atoms with van der Waals surface area (Å²) in [7, 11) is 0. The lowest BCUT2D eigenvalue weighted by atomic mass is 9.74. The molecule has 7 aromatic carbocycles. The van der Waals surface area contributed by atoms with E-state index < -0.39 is 0 Å². The topological polar surface area (TPSA) is 20.2 Å². The van der Waals surface area contributed by atoms with Crippen LogP contribution in [0.2, 0.25) is 0 Å². The monoisotopic (exact) mass is 592 g/mol. The molecule has 1 heteroatoms. The zero-order chi connectivity index (χ0) is 30.5. The van der Waals surface area contributed by atoms with Gasteiger partial charge in [-0.2, -0.15) is 0 Å². The first kappa shape index (κ1) is 26.3. The Kier molecular flexibility index (Phi) is 5.62. The van der Waals surface area contributed by atoms with Gasteiger partial charge in [0.2, 0.25) is 0 Å². The first-order valence-corrected chi connectivity index (χ1v) is 17.2. The molecule has 0 radical (unpaired) electrons. The van der Waals surface area contributed by atoms with Crippen molar-refractivity contribution in [1.29, 1.82) is 0 Å². The third-order valence-electron chi connectivity index (χ3n) is 11.2. The molecule has 0 amide bonds. The van der Waals surface area contributed by atoms with E-state index in [1.54, 1.807) is 0 Å². The van der Waals surface area contributed by atoms with Crippen LogP contribution in [0.3, 0.4) is 0 Å². The zero-order valence-corrected chi connectivity index (χ0v) is 26.2. The van der Waals surface area contributed by atoms with Crippen molar-refractivity contribution in [2.45, 2.75) is 56.8 Å². The van der Waals surface area contributed by atoms with Gasteiger partial charge >= 0.3 is 0 Å². The fourth-order valence-corrected chi connectivity index (χ4v) is 9.12. The van der Waals surface area contributed by atoms with Crippen molar-refractivity contribution in [1.82, 2.24) is 0 Å². The van der Waals surface area contributed by atoms with Gasteiger partial charge in [-0.05, 0) is 115 Å². The van der Waals surface area contributed by atoms with Gasteiger partial charge in [-0.15, -0.1) is 0 Å². The fraction of sp³-hybridized carbons (Fsp3) is 0.200. The second kappa shape index (κ2) is 9.81. The van der Waals surface area contributed by atoms with Gasteiger partial charge in [-0.1, -0.05) is 129 Å². The molecule has 0 aliphatic heterocycles. The zero-order valence-electron chi connectivity index (χ0n) is 26.2. The maximum absolute atomic E-state index is 12.7. The predicted octanol–water partition coefficient (Wildman–Crippen LogP) is 12.3. The smallest absolute Gasteiger partial charge is 0.127 e. The second-order valence-corrected chi connectivity index (χ2v) is 13.8. The number of hydrogen-bond donors (Lipinski definition) is 1. The van der Waals surface area contributed by atoms with Crippen molar-refractivity contribution in [2.24, 2.45) is 0 Å². The van der Waals surface area contributed by atoms with Crippen molar-refractivity contribution in [2.75, 3.05) is 0 Å². The van der Waals surface area contributed by atoms with E-state index in [4.69, 9.17) is 0 Å². The van der Waals surface area contributed by atoms with Gasteiger partial charge in [0.15, 0.2) is 0 Å². The summed E-state index contributed by atoms with van der Waals surface area (Å²) in [5.41, 5.74) is 13.3. The Morgan fingerprint density at radius 3 is 1.83 bits per heavy atom. The number of benzene rings is 7. The van der Waals surface area contributed by atoms with E-state index in [1.807, 2.05) is 0 Å². The molecule has 0 spiro atoms. The van der Waals surface area contributed by atoms with Crippen LogP contribution in [0.25, 0.3) is 65.7 Å². The Balaban J connectivity index is 1.39. The summed E-state index contributed by atoms with van der Waals surface area (Å²) in [6.45, 7) is 2.29. The molecule has 2 atom stereocenters. The molecule has 0 heterocycles. The Bertz CT molecular complexity index is 2330. The molecule has 1 nitrogen and oxygen atoms in total. The molecule has 2 fully saturated rings. The second-order valence-electron chi connectivity index (χ2n) is 13.8. The van der Waals surface area contributed by atoms with Crippen molar-refractivity contribution in [3.05, 3.63) is 138 Å². The Labute approximate surface area is 270 Å².